The molecular formula is C23H27N7O2S. The van der Waals surface area contributed by atoms with E-state index in [0.717, 1.165) is 60.7 Å². The Morgan fingerprint density at radius 3 is 3.03 bits per heavy atom. The van der Waals surface area contributed by atoms with Gasteiger partial charge in [-0.05, 0) is 42.9 Å². The number of nitrogens with one attached hydrogen (secondary N) is 3. The number of methoxy groups -OCH3 is 1. The summed E-state index contributed by atoms with van der Waals surface area (Å²) in [6, 6.07) is 6.16. The normalized spacial score (nSPS) is 20.0. The summed E-state index contributed by atoms with van der Waals surface area (Å²) < 4.78 is 5.28. The van der Waals surface area contributed by atoms with E-state index in [-0.39, 0.29) is 11.3 Å². The first-order valence-corrected chi connectivity index (χ1v) is 12.1. The van der Waals surface area contributed by atoms with Crippen molar-refractivity contribution in [2.45, 2.75) is 30.8 Å². The van der Waals surface area contributed by atoms with E-state index in [9.17, 15) is 4.79 Å². The van der Waals surface area contributed by atoms with Crippen LogP contribution in [0.4, 0.5) is 5.82 Å². The van der Waals surface area contributed by atoms with Crippen LogP contribution in [-0.4, -0.2) is 58.3 Å². The van der Waals surface area contributed by atoms with E-state index in [0.29, 0.717) is 24.0 Å². The van der Waals surface area contributed by atoms with Gasteiger partial charge in [-0.1, -0.05) is 23.9 Å². The van der Waals surface area contributed by atoms with Gasteiger partial charge in [0.1, 0.15) is 5.03 Å². The van der Waals surface area contributed by atoms with Crippen molar-refractivity contribution in [2.75, 3.05) is 37.8 Å². The fourth-order valence-corrected chi connectivity index (χ4v) is 5.17. The summed E-state index contributed by atoms with van der Waals surface area (Å²) in [5.41, 5.74) is 3.98. The maximum Gasteiger partial charge on any atom is 0.236 e. The zero-order chi connectivity index (χ0) is 22.7. The summed E-state index contributed by atoms with van der Waals surface area (Å²) in [7, 11) is 1.61. The third-order valence-electron chi connectivity index (χ3n) is 6.29. The molecule has 1 aromatic carbocycles. The highest BCUT2D eigenvalue weighted by molar-refractivity contribution is 8.00. The maximum absolute atomic E-state index is 11.6. The van der Waals surface area contributed by atoms with Crippen molar-refractivity contribution in [3.63, 3.8) is 0 Å². The molecule has 3 aromatic rings. The van der Waals surface area contributed by atoms with Crippen LogP contribution in [0.2, 0.25) is 0 Å². The summed E-state index contributed by atoms with van der Waals surface area (Å²) in [6.07, 6.45) is 6.52. The Labute approximate surface area is 196 Å². The van der Waals surface area contributed by atoms with Crippen molar-refractivity contribution in [3.05, 3.63) is 41.9 Å². The highest BCUT2D eigenvalue weighted by atomic mass is 32.2. The van der Waals surface area contributed by atoms with Crippen LogP contribution in [0.15, 0.2) is 35.6 Å². The van der Waals surface area contributed by atoms with E-state index in [4.69, 9.17) is 4.74 Å². The van der Waals surface area contributed by atoms with Crippen LogP contribution >= 0.6 is 11.8 Å². The number of ether oxygens (including phenoxy) is 1. The molecule has 0 bridgehead atoms. The fraction of sp³-hybridized carbons (Fsp3) is 0.435. The minimum Gasteiger partial charge on any atom is -0.480 e. The number of hydrogen-bond donors (Lipinski definition) is 3. The van der Waals surface area contributed by atoms with E-state index in [2.05, 4.69) is 42.0 Å². The largest absolute Gasteiger partial charge is 0.480 e. The lowest BCUT2D eigenvalue weighted by atomic mass is 9.81. The second kappa shape index (κ2) is 9.58. The first-order valence-electron chi connectivity index (χ1n) is 11.1. The molecule has 172 valence electrons. The summed E-state index contributed by atoms with van der Waals surface area (Å²) in [5.74, 6) is 1.47. The van der Waals surface area contributed by atoms with Gasteiger partial charge in [0.15, 0.2) is 5.82 Å². The summed E-state index contributed by atoms with van der Waals surface area (Å²) in [5, 5.41) is 10.7. The molecular weight excluding hydrogens is 438 g/mol. The molecule has 4 heterocycles. The van der Waals surface area contributed by atoms with Gasteiger partial charge in [0.25, 0.3) is 0 Å². The number of nitrogens with zero attached hydrogens (tertiary/aromatic N) is 4. The number of carbonyl (C=O) groups is 1. The number of anilines is 1. The molecule has 0 unspecified atom stereocenters. The molecule has 9 nitrogen and oxygen atoms in total. The summed E-state index contributed by atoms with van der Waals surface area (Å²) in [4.78, 5) is 29.8. The highest BCUT2D eigenvalue weighted by Gasteiger charge is 2.33. The predicted octanol–water partition coefficient (Wildman–Crippen LogP) is 2.17. The SMILES string of the molecule is COc1cnc2cccc(CC[C@]3(CNCc4cnc5c(n4)NC(=O)CS5)CCNC3)c2n1. The van der Waals surface area contributed by atoms with Crippen LogP contribution in [0.5, 0.6) is 5.88 Å². The van der Waals surface area contributed by atoms with Crippen molar-refractivity contribution >= 4 is 34.5 Å². The zero-order valence-corrected chi connectivity index (χ0v) is 19.4. The number of benzene rings is 1. The molecule has 10 heteroatoms. The van der Waals surface area contributed by atoms with E-state index in [1.807, 2.05) is 12.1 Å². The third-order valence-corrected chi connectivity index (χ3v) is 7.27. The molecule has 2 aromatic heterocycles. The molecule has 0 radical (unpaired) electrons. The number of rotatable bonds is 8. The van der Waals surface area contributed by atoms with Crippen molar-refractivity contribution < 1.29 is 9.53 Å². The van der Waals surface area contributed by atoms with Crippen LogP contribution < -0.4 is 20.7 Å². The number of carbonyl (C=O) groups excluding carboxylic acids is 1. The monoisotopic (exact) mass is 465 g/mol. The Balaban J connectivity index is 1.24. The number of para-hydroxylation sites is 1. The molecule has 2 aliphatic heterocycles. The minimum absolute atomic E-state index is 0.0290. The Morgan fingerprint density at radius 2 is 2.18 bits per heavy atom. The Bertz CT molecular complexity index is 1170. The Kier molecular flexibility index (Phi) is 6.39. The fourth-order valence-electron chi connectivity index (χ4n) is 4.47. The average molecular weight is 466 g/mol. The summed E-state index contributed by atoms with van der Waals surface area (Å²) >= 11 is 1.42. The lowest BCUT2D eigenvalue weighted by molar-refractivity contribution is -0.113. The molecule has 0 spiro atoms. The second-order valence-corrected chi connectivity index (χ2v) is 9.54. The predicted molar refractivity (Wildman–Crippen MR) is 127 cm³/mol. The number of amides is 1. The molecule has 5 rings (SSSR count). The molecule has 2 aliphatic rings. The molecule has 1 saturated heterocycles. The molecule has 1 amide bonds. The van der Waals surface area contributed by atoms with Crippen molar-refractivity contribution in [1.82, 2.24) is 30.6 Å². The van der Waals surface area contributed by atoms with Crippen LogP contribution in [0.25, 0.3) is 11.0 Å². The van der Waals surface area contributed by atoms with E-state index in [1.165, 1.54) is 17.3 Å². The van der Waals surface area contributed by atoms with Gasteiger partial charge in [-0.25, -0.2) is 19.9 Å². The smallest absolute Gasteiger partial charge is 0.236 e. The van der Waals surface area contributed by atoms with Crippen molar-refractivity contribution in [1.29, 1.82) is 0 Å². The number of aryl methyl sites for hydroxylation is 1. The van der Waals surface area contributed by atoms with Gasteiger partial charge in [-0.3, -0.25) is 4.79 Å². The lowest BCUT2D eigenvalue weighted by Crippen LogP contribution is -2.36. The quantitative estimate of drug-likeness (QED) is 0.460. The first-order chi connectivity index (χ1) is 16.1. The number of aromatic nitrogens is 4. The van der Waals surface area contributed by atoms with Gasteiger partial charge in [-0.2, -0.15) is 0 Å². The highest BCUT2D eigenvalue weighted by Crippen LogP contribution is 2.32. The second-order valence-electron chi connectivity index (χ2n) is 8.58. The van der Waals surface area contributed by atoms with Crippen LogP contribution in [0.3, 0.4) is 0 Å². The average Bonchev–Trinajstić information content (AvgIpc) is 3.31. The number of fused-ring (bicyclic) bond motifs is 2. The lowest BCUT2D eigenvalue weighted by Gasteiger charge is -2.29. The third kappa shape index (κ3) is 4.92. The van der Waals surface area contributed by atoms with Gasteiger partial charge in [0.05, 0.1) is 42.0 Å². The van der Waals surface area contributed by atoms with Crippen molar-refractivity contribution in [2.24, 2.45) is 5.41 Å². The van der Waals surface area contributed by atoms with E-state index >= 15 is 0 Å². The van der Waals surface area contributed by atoms with Crippen LogP contribution in [0.1, 0.15) is 24.1 Å². The van der Waals surface area contributed by atoms with Gasteiger partial charge in [-0.15, -0.1) is 0 Å². The molecule has 0 aliphatic carbocycles. The van der Waals surface area contributed by atoms with E-state index in [1.54, 1.807) is 19.5 Å². The van der Waals surface area contributed by atoms with Gasteiger partial charge >= 0.3 is 0 Å². The Hall–Kier alpha value is -2.82. The molecule has 1 fully saturated rings. The van der Waals surface area contributed by atoms with E-state index < -0.39 is 0 Å². The molecule has 1 atom stereocenters. The van der Waals surface area contributed by atoms with Gasteiger partial charge in [0.2, 0.25) is 11.8 Å². The number of hydrogen-bond acceptors (Lipinski definition) is 9. The summed E-state index contributed by atoms with van der Waals surface area (Å²) in [6.45, 7) is 3.48. The van der Waals surface area contributed by atoms with Gasteiger partial charge < -0.3 is 20.7 Å². The maximum atomic E-state index is 11.6. The topological polar surface area (TPSA) is 114 Å². The van der Waals surface area contributed by atoms with Crippen LogP contribution in [0, 0.1) is 5.41 Å². The zero-order valence-electron chi connectivity index (χ0n) is 18.6. The van der Waals surface area contributed by atoms with Crippen LogP contribution in [-0.2, 0) is 17.8 Å². The molecule has 0 saturated carbocycles. The standard InChI is InChI=1S/C23H27N7O2S/c1-32-19-11-26-17-4-2-3-15(20(17)30-19)5-6-23(7-8-24-13-23)14-25-9-16-10-27-22-21(28-16)29-18(31)12-33-22/h2-4,10-11,24-25H,5-9,12-14H2,1H3,(H,28,29,31)/t23-/m0/s1. The Morgan fingerprint density at radius 1 is 1.24 bits per heavy atom. The molecule has 3 N–H and O–H groups in total. The molecule has 33 heavy (non-hydrogen) atoms. The van der Waals surface area contributed by atoms with Crippen molar-refractivity contribution in [3.8, 4) is 5.88 Å². The first kappa shape index (κ1) is 22.0. The minimum atomic E-state index is -0.0290. The number of thioether (sulfide) groups is 1. The van der Waals surface area contributed by atoms with Gasteiger partial charge in [0, 0.05) is 19.6 Å².